The second-order valence-corrected chi connectivity index (χ2v) is 6.60. The van der Waals surface area contributed by atoms with Gasteiger partial charge in [-0.15, -0.1) is 0 Å². The molecule has 0 aliphatic carbocycles. The standard InChI is InChI=1S/C11H15Cl2N3O3S/c12-8-4-5-9(13)10(7-8)20(18,19)15-6-2-1-3-11(14)16-17/h4-5,7,15,17H,1-3,6H2,(H2,14,16). The fourth-order valence-corrected chi connectivity index (χ4v) is 3.28. The van der Waals surface area contributed by atoms with Crippen molar-refractivity contribution in [3.05, 3.63) is 28.2 Å². The van der Waals surface area contributed by atoms with Gasteiger partial charge in [-0.3, -0.25) is 0 Å². The third-order valence-corrected chi connectivity index (χ3v) is 4.64. The van der Waals surface area contributed by atoms with Gasteiger partial charge >= 0.3 is 0 Å². The molecule has 0 aliphatic rings. The second-order valence-electron chi connectivity index (χ2n) is 4.02. The summed E-state index contributed by atoms with van der Waals surface area (Å²) in [5.41, 5.74) is 5.30. The number of sulfonamides is 1. The van der Waals surface area contributed by atoms with Gasteiger partial charge in [0, 0.05) is 18.0 Å². The van der Waals surface area contributed by atoms with Crippen molar-refractivity contribution in [3.63, 3.8) is 0 Å². The van der Waals surface area contributed by atoms with Crippen LogP contribution in [0.2, 0.25) is 10.0 Å². The predicted molar refractivity (Wildman–Crippen MR) is 78.9 cm³/mol. The summed E-state index contributed by atoms with van der Waals surface area (Å²) in [6.45, 7) is 0.226. The lowest BCUT2D eigenvalue weighted by Crippen LogP contribution is -2.25. The number of oxime groups is 1. The van der Waals surface area contributed by atoms with E-state index >= 15 is 0 Å². The Kier molecular flexibility index (Phi) is 6.54. The molecular formula is C11H15Cl2N3O3S. The number of hydrogen-bond donors (Lipinski definition) is 3. The van der Waals surface area contributed by atoms with Crippen molar-refractivity contribution in [2.75, 3.05) is 6.54 Å². The summed E-state index contributed by atoms with van der Waals surface area (Å²) in [6, 6.07) is 4.24. The topological polar surface area (TPSA) is 105 Å². The zero-order valence-corrected chi connectivity index (χ0v) is 12.8. The van der Waals surface area contributed by atoms with Gasteiger partial charge in [-0.2, -0.15) is 0 Å². The number of nitrogens with one attached hydrogen (secondary N) is 1. The molecular weight excluding hydrogens is 325 g/mol. The molecule has 4 N–H and O–H groups in total. The molecule has 112 valence electrons. The minimum Gasteiger partial charge on any atom is -0.409 e. The Morgan fingerprint density at radius 3 is 2.70 bits per heavy atom. The van der Waals surface area contributed by atoms with Crippen LogP contribution in [0.25, 0.3) is 0 Å². The van der Waals surface area contributed by atoms with Gasteiger partial charge in [-0.25, -0.2) is 13.1 Å². The van der Waals surface area contributed by atoms with Gasteiger partial charge in [0.2, 0.25) is 10.0 Å². The first kappa shape index (κ1) is 17.0. The molecule has 0 atom stereocenters. The summed E-state index contributed by atoms with van der Waals surface area (Å²) in [6.07, 6.45) is 1.55. The third kappa shape index (κ3) is 5.16. The summed E-state index contributed by atoms with van der Waals surface area (Å²) in [5.74, 6) is 0.116. The molecule has 0 spiro atoms. The molecule has 0 aromatic heterocycles. The van der Waals surface area contributed by atoms with Crippen LogP contribution in [-0.4, -0.2) is 26.0 Å². The lowest BCUT2D eigenvalue weighted by atomic mass is 10.2. The van der Waals surface area contributed by atoms with Crippen LogP contribution < -0.4 is 10.5 Å². The molecule has 0 aliphatic heterocycles. The number of halogens is 2. The van der Waals surface area contributed by atoms with Crippen molar-refractivity contribution in [2.24, 2.45) is 10.9 Å². The van der Waals surface area contributed by atoms with Crippen LogP contribution in [0.5, 0.6) is 0 Å². The van der Waals surface area contributed by atoms with E-state index in [2.05, 4.69) is 9.88 Å². The molecule has 0 amide bonds. The highest BCUT2D eigenvalue weighted by Crippen LogP contribution is 2.24. The van der Waals surface area contributed by atoms with Crippen molar-refractivity contribution >= 4 is 39.1 Å². The SMILES string of the molecule is NC(CCCCNS(=O)(=O)c1cc(Cl)ccc1Cl)=NO. The van der Waals surface area contributed by atoms with E-state index in [4.69, 9.17) is 34.1 Å². The average Bonchev–Trinajstić information content (AvgIpc) is 2.40. The molecule has 6 nitrogen and oxygen atoms in total. The quantitative estimate of drug-likeness (QED) is 0.233. The summed E-state index contributed by atoms with van der Waals surface area (Å²) in [5, 5.41) is 11.6. The molecule has 20 heavy (non-hydrogen) atoms. The molecule has 0 radical (unpaired) electrons. The normalized spacial score (nSPS) is 12.6. The molecule has 0 unspecified atom stereocenters. The number of benzene rings is 1. The first-order valence-electron chi connectivity index (χ1n) is 5.78. The van der Waals surface area contributed by atoms with Crippen LogP contribution in [0.1, 0.15) is 19.3 Å². The first-order valence-corrected chi connectivity index (χ1v) is 8.02. The maximum atomic E-state index is 12.0. The third-order valence-electron chi connectivity index (χ3n) is 2.46. The molecule has 9 heteroatoms. The van der Waals surface area contributed by atoms with Crippen molar-refractivity contribution in [3.8, 4) is 0 Å². The Morgan fingerprint density at radius 1 is 1.35 bits per heavy atom. The number of nitrogens with two attached hydrogens (primary N) is 1. The van der Waals surface area contributed by atoms with Crippen molar-refractivity contribution in [2.45, 2.75) is 24.2 Å². The van der Waals surface area contributed by atoms with Gasteiger partial charge in [-0.1, -0.05) is 28.4 Å². The molecule has 1 aromatic rings. The van der Waals surface area contributed by atoms with E-state index in [-0.39, 0.29) is 22.3 Å². The largest absolute Gasteiger partial charge is 0.409 e. The Labute approximate surface area is 127 Å². The van der Waals surface area contributed by atoms with E-state index in [1.165, 1.54) is 18.2 Å². The van der Waals surface area contributed by atoms with Crippen LogP contribution >= 0.6 is 23.2 Å². The predicted octanol–water partition coefficient (Wildman–Crippen LogP) is 2.19. The van der Waals surface area contributed by atoms with Crippen LogP contribution in [0.15, 0.2) is 28.3 Å². The minimum absolute atomic E-state index is 0.0527. The minimum atomic E-state index is -3.70. The molecule has 1 aromatic carbocycles. The highest BCUT2D eigenvalue weighted by Gasteiger charge is 2.17. The van der Waals surface area contributed by atoms with E-state index in [9.17, 15) is 8.42 Å². The van der Waals surface area contributed by atoms with Gasteiger partial charge in [0.05, 0.1) is 5.02 Å². The summed E-state index contributed by atoms with van der Waals surface area (Å²) in [4.78, 5) is -0.0527. The van der Waals surface area contributed by atoms with Gasteiger partial charge in [-0.05, 0) is 31.0 Å². The van der Waals surface area contributed by atoms with Crippen LogP contribution in [0.3, 0.4) is 0 Å². The lowest BCUT2D eigenvalue weighted by molar-refractivity contribution is 0.316. The molecule has 0 saturated carbocycles. The van der Waals surface area contributed by atoms with E-state index < -0.39 is 10.0 Å². The maximum absolute atomic E-state index is 12.0. The smallest absolute Gasteiger partial charge is 0.242 e. The Morgan fingerprint density at radius 2 is 2.05 bits per heavy atom. The van der Waals surface area contributed by atoms with Gasteiger partial charge in [0.25, 0.3) is 0 Å². The molecule has 1 rings (SSSR count). The number of hydrogen-bond acceptors (Lipinski definition) is 4. The van der Waals surface area contributed by atoms with Crippen LogP contribution in [0.4, 0.5) is 0 Å². The number of unbranched alkanes of at least 4 members (excludes halogenated alkanes) is 1. The van der Waals surface area contributed by atoms with Crippen molar-refractivity contribution < 1.29 is 13.6 Å². The number of nitrogens with zero attached hydrogens (tertiary/aromatic N) is 1. The zero-order chi connectivity index (χ0) is 15.2. The van der Waals surface area contributed by atoms with E-state index in [1.807, 2.05) is 0 Å². The Bertz CT molecular complexity index is 591. The molecule has 0 bridgehead atoms. The Hall–Kier alpha value is -1.02. The summed E-state index contributed by atoms with van der Waals surface area (Å²) in [7, 11) is -3.70. The lowest BCUT2D eigenvalue weighted by Gasteiger charge is -2.08. The van der Waals surface area contributed by atoms with Gasteiger partial charge < -0.3 is 10.9 Å². The monoisotopic (exact) mass is 339 g/mol. The van der Waals surface area contributed by atoms with Crippen molar-refractivity contribution in [1.29, 1.82) is 0 Å². The van der Waals surface area contributed by atoms with E-state index in [1.54, 1.807) is 0 Å². The summed E-state index contributed by atoms with van der Waals surface area (Å²) >= 11 is 11.6. The van der Waals surface area contributed by atoms with Crippen LogP contribution in [-0.2, 0) is 10.0 Å². The van der Waals surface area contributed by atoms with Gasteiger partial charge in [0.15, 0.2) is 0 Å². The van der Waals surface area contributed by atoms with Crippen LogP contribution in [0, 0.1) is 0 Å². The second kappa shape index (κ2) is 7.68. The highest BCUT2D eigenvalue weighted by molar-refractivity contribution is 7.89. The molecule has 0 saturated heterocycles. The maximum Gasteiger partial charge on any atom is 0.242 e. The van der Waals surface area contributed by atoms with E-state index in [0.717, 1.165) is 0 Å². The molecule has 0 heterocycles. The molecule has 0 fully saturated rings. The first-order chi connectivity index (χ1) is 9.36. The van der Waals surface area contributed by atoms with Crippen molar-refractivity contribution in [1.82, 2.24) is 4.72 Å². The number of rotatable bonds is 7. The number of amidine groups is 1. The fraction of sp³-hybridized carbons (Fsp3) is 0.364. The summed E-state index contributed by atoms with van der Waals surface area (Å²) < 4.78 is 26.5. The van der Waals surface area contributed by atoms with E-state index in [0.29, 0.717) is 24.3 Å². The zero-order valence-electron chi connectivity index (χ0n) is 10.5. The highest BCUT2D eigenvalue weighted by atomic mass is 35.5. The average molecular weight is 340 g/mol. The van der Waals surface area contributed by atoms with Gasteiger partial charge in [0.1, 0.15) is 10.7 Å². The Balaban J connectivity index is 2.56. The fourth-order valence-electron chi connectivity index (χ4n) is 1.45.